The number of rotatable bonds is 5. The second-order valence-corrected chi connectivity index (χ2v) is 7.25. The lowest BCUT2D eigenvalue weighted by Crippen LogP contribution is -2.43. The molecule has 2 aromatic rings. The summed E-state index contributed by atoms with van der Waals surface area (Å²) in [5, 5.41) is 5.70. The van der Waals surface area contributed by atoms with Crippen molar-refractivity contribution in [3.05, 3.63) is 54.2 Å². The fourth-order valence-corrected chi connectivity index (χ4v) is 3.83. The second-order valence-electron chi connectivity index (χ2n) is 7.25. The fraction of sp³-hybridized carbons (Fsp3) is 0.381. The van der Waals surface area contributed by atoms with Crippen molar-refractivity contribution in [1.82, 2.24) is 15.2 Å². The third-order valence-electron chi connectivity index (χ3n) is 5.26. The summed E-state index contributed by atoms with van der Waals surface area (Å²) in [5.74, 6) is 0.753. The second kappa shape index (κ2) is 8.29. The van der Waals surface area contributed by atoms with Gasteiger partial charge in [0.15, 0.2) is 5.82 Å². The van der Waals surface area contributed by atoms with Gasteiger partial charge < -0.3 is 20.4 Å². The van der Waals surface area contributed by atoms with Crippen LogP contribution >= 0.6 is 0 Å². The van der Waals surface area contributed by atoms with Crippen LogP contribution in [0, 0.1) is 0 Å². The molecule has 7 nitrogen and oxygen atoms in total. The fourth-order valence-electron chi connectivity index (χ4n) is 3.83. The van der Waals surface area contributed by atoms with Crippen LogP contribution in [-0.4, -0.2) is 47.5 Å². The number of anilines is 2. The van der Waals surface area contributed by atoms with Gasteiger partial charge in [-0.15, -0.1) is 0 Å². The zero-order valence-electron chi connectivity index (χ0n) is 15.8. The van der Waals surface area contributed by atoms with Crippen molar-refractivity contribution in [2.24, 2.45) is 0 Å². The van der Waals surface area contributed by atoms with Gasteiger partial charge in [-0.2, -0.15) is 0 Å². The standard InChI is InChI=1S/C21H25N5O2/c27-20-18(10-14-26(20)15-16-7-2-1-3-8-16)24-21(28)23-17-9-6-11-22-19(17)25-12-4-5-13-25/h1-3,6-9,11,18H,4-5,10,12-15H2,(H2,23,24,28). The van der Waals surface area contributed by atoms with Gasteiger partial charge >= 0.3 is 6.03 Å². The van der Waals surface area contributed by atoms with Crippen LogP contribution in [-0.2, 0) is 11.3 Å². The van der Waals surface area contributed by atoms with Crippen molar-refractivity contribution in [2.45, 2.75) is 31.8 Å². The molecule has 4 rings (SSSR count). The third-order valence-corrected chi connectivity index (χ3v) is 5.26. The third kappa shape index (κ3) is 4.08. The van der Waals surface area contributed by atoms with Crippen molar-refractivity contribution in [3.63, 3.8) is 0 Å². The van der Waals surface area contributed by atoms with Crippen LogP contribution in [0.15, 0.2) is 48.7 Å². The minimum absolute atomic E-state index is 0.0371. The number of hydrogen-bond acceptors (Lipinski definition) is 4. The monoisotopic (exact) mass is 379 g/mol. The minimum Gasteiger partial charge on any atom is -0.355 e. The smallest absolute Gasteiger partial charge is 0.319 e. The van der Waals surface area contributed by atoms with E-state index in [0.717, 1.165) is 37.3 Å². The van der Waals surface area contributed by atoms with Crippen molar-refractivity contribution >= 4 is 23.4 Å². The summed E-state index contributed by atoms with van der Waals surface area (Å²) < 4.78 is 0. The summed E-state index contributed by atoms with van der Waals surface area (Å²) in [6, 6.07) is 12.7. The van der Waals surface area contributed by atoms with Crippen LogP contribution in [0.3, 0.4) is 0 Å². The van der Waals surface area contributed by atoms with E-state index in [-0.39, 0.29) is 11.9 Å². The number of aromatic nitrogens is 1. The number of urea groups is 1. The zero-order valence-corrected chi connectivity index (χ0v) is 15.8. The van der Waals surface area contributed by atoms with E-state index in [9.17, 15) is 9.59 Å². The first-order chi connectivity index (χ1) is 13.7. The SMILES string of the molecule is O=C(Nc1cccnc1N1CCCC1)NC1CCN(Cc2ccccc2)C1=O. The first-order valence-corrected chi connectivity index (χ1v) is 9.81. The minimum atomic E-state index is -0.490. The van der Waals surface area contributed by atoms with Gasteiger partial charge in [-0.25, -0.2) is 9.78 Å². The van der Waals surface area contributed by atoms with Crippen LogP contribution in [0.25, 0.3) is 0 Å². The van der Waals surface area contributed by atoms with Gasteiger partial charge in [0.2, 0.25) is 5.91 Å². The van der Waals surface area contributed by atoms with E-state index in [1.165, 1.54) is 0 Å². The Hall–Kier alpha value is -3.09. The van der Waals surface area contributed by atoms with Crippen LogP contribution in [0.5, 0.6) is 0 Å². The van der Waals surface area contributed by atoms with E-state index in [0.29, 0.717) is 25.2 Å². The lowest BCUT2D eigenvalue weighted by atomic mass is 10.2. The van der Waals surface area contributed by atoms with Crippen LogP contribution in [0.4, 0.5) is 16.3 Å². The van der Waals surface area contributed by atoms with E-state index in [2.05, 4.69) is 20.5 Å². The lowest BCUT2D eigenvalue weighted by Gasteiger charge is -2.21. The van der Waals surface area contributed by atoms with Crippen molar-refractivity contribution in [1.29, 1.82) is 0 Å². The van der Waals surface area contributed by atoms with Gasteiger partial charge in [-0.1, -0.05) is 30.3 Å². The Bertz CT molecular complexity index is 836. The highest BCUT2D eigenvalue weighted by atomic mass is 16.2. The Morgan fingerprint density at radius 3 is 2.64 bits per heavy atom. The molecule has 0 radical (unpaired) electrons. The van der Waals surface area contributed by atoms with Gasteiger partial charge in [0.05, 0.1) is 5.69 Å². The maximum Gasteiger partial charge on any atom is 0.319 e. The number of nitrogens with one attached hydrogen (secondary N) is 2. The number of hydrogen-bond donors (Lipinski definition) is 2. The quantitative estimate of drug-likeness (QED) is 0.837. The molecule has 1 aromatic carbocycles. The molecule has 7 heteroatoms. The number of amides is 3. The first kappa shape index (κ1) is 18.3. The lowest BCUT2D eigenvalue weighted by molar-refractivity contribution is -0.129. The van der Waals surface area contributed by atoms with Gasteiger partial charge in [-0.05, 0) is 37.0 Å². The molecule has 2 aliphatic rings. The molecule has 0 spiro atoms. The predicted octanol–water partition coefficient (Wildman–Crippen LogP) is 2.60. The van der Waals surface area contributed by atoms with Gasteiger partial charge in [-0.3, -0.25) is 4.79 Å². The Labute approximate surface area is 164 Å². The van der Waals surface area contributed by atoms with E-state index >= 15 is 0 Å². The number of nitrogens with zero attached hydrogens (tertiary/aromatic N) is 3. The molecule has 3 heterocycles. The number of benzene rings is 1. The molecular weight excluding hydrogens is 354 g/mol. The number of pyridine rings is 1. The molecule has 2 aliphatic heterocycles. The van der Waals surface area contributed by atoms with Gasteiger partial charge in [0, 0.05) is 32.4 Å². The van der Waals surface area contributed by atoms with Crippen LogP contribution < -0.4 is 15.5 Å². The molecule has 2 N–H and O–H groups in total. The average Bonchev–Trinajstić information content (AvgIpc) is 3.35. The maximum atomic E-state index is 12.6. The summed E-state index contributed by atoms with van der Waals surface area (Å²) in [4.78, 5) is 33.5. The van der Waals surface area contributed by atoms with Gasteiger partial charge in [0.1, 0.15) is 6.04 Å². The summed E-state index contributed by atoms with van der Waals surface area (Å²) in [5.41, 5.74) is 1.76. The topological polar surface area (TPSA) is 77.6 Å². The molecule has 2 fully saturated rings. The maximum absolute atomic E-state index is 12.6. The van der Waals surface area contributed by atoms with Crippen LogP contribution in [0.2, 0.25) is 0 Å². The average molecular weight is 379 g/mol. The molecule has 0 saturated carbocycles. The molecule has 146 valence electrons. The summed E-state index contributed by atoms with van der Waals surface area (Å²) in [6.07, 6.45) is 4.62. The highest BCUT2D eigenvalue weighted by Crippen LogP contribution is 2.26. The van der Waals surface area contributed by atoms with E-state index in [4.69, 9.17) is 0 Å². The Morgan fingerprint density at radius 1 is 1.07 bits per heavy atom. The molecule has 1 aromatic heterocycles. The largest absolute Gasteiger partial charge is 0.355 e. The summed E-state index contributed by atoms with van der Waals surface area (Å²) >= 11 is 0. The Kier molecular flexibility index (Phi) is 5.41. The zero-order chi connectivity index (χ0) is 19.3. The van der Waals surface area contributed by atoms with Gasteiger partial charge in [0.25, 0.3) is 0 Å². The van der Waals surface area contributed by atoms with E-state index < -0.39 is 6.04 Å². The Balaban J connectivity index is 1.35. The summed E-state index contributed by atoms with van der Waals surface area (Å²) in [6.45, 7) is 3.11. The molecule has 2 saturated heterocycles. The normalized spacial score (nSPS) is 19.1. The Morgan fingerprint density at radius 2 is 1.86 bits per heavy atom. The molecule has 0 aliphatic carbocycles. The summed E-state index contributed by atoms with van der Waals surface area (Å²) in [7, 11) is 0. The van der Waals surface area contributed by atoms with E-state index in [1.54, 1.807) is 17.2 Å². The predicted molar refractivity (Wildman–Crippen MR) is 108 cm³/mol. The first-order valence-electron chi connectivity index (χ1n) is 9.81. The molecular formula is C21H25N5O2. The van der Waals surface area contributed by atoms with Crippen molar-refractivity contribution < 1.29 is 9.59 Å². The number of carbonyl (C=O) groups excluding carboxylic acids is 2. The van der Waals surface area contributed by atoms with Crippen molar-refractivity contribution in [3.8, 4) is 0 Å². The number of likely N-dealkylation sites (tertiary alicyclic amines) is 1. The molecule has 1 unspecified atom stereocenters. The molecule has 28 heavy (non-hydrogen) atoms. The van der Waals surface area contributed by atoms with Crippen LogP contribution in [0.1, 0.15) is 24.8 Å². The highest BCUT2D eigenvalue weighted by Gasteiger charge is 2.32. The van der Waals surface area contributed by atoms with Crippen molar-refractivity contribution in [2.75, 3.05) is 29.9 Å². The highest BCUT2D eigenvalue weighted by molar-refractivity contribution is 5.96. The molecule has 0 bridgehead atoms. The number of carbonyl (C=O) groups is 2. The molecule has 1 atom stereocenters. The van der Waals surface area contributed by atoms with E-state index in [1.807, 2.05) is 36.4 Å². The molecule has 3 amide bonds.